The fraction of sp³-hybridized carbons (Fsp3) is 0.280. The Balaban J connectivity index is 1.47. The number of carbonyl (C=O) groups excluding carboxylic acids is 2. The summed E-state index contributed by atoms with van der Waals surface area (Å²) in [6.45, 7) is 1.62. The van der Waals surface area contributed by atoms with Crippen LogP contribution in [0.15, 0.2) is 59.5 Å². The highest BCUT2D eigenvalue weighted by molar-refractivity contribution is 6.00. The Morgan fingerprint density at radius 3 is 2.67 bits per heavy atom. The molecule has 0 aliphatic carbocycles. The average Bonchev–Trinajstić information content (AvgIpc) is 3.41. The molecule has 3 rings (SSSR count). The van der Waals surface area contributed by atoms with Gasteiger partial charge in [0.2, 0.25) is 0 Å². The Morgan fingerprint density at radius 2 is 1.94 bits per heavy atom. The molecule has 0 bridgehead atoms. The summed E-state index contributed by atoms with van der Waals surface area (Å²) in [6, 6.07) is 13.9. The van der Waals surface area contributed by atoms with Crippen LogP contribution in [-0.4, -0.2) is 55.9 Å². The van der Waals surface area contributed by atoms with E-state index in [0.29, 0.717) is 48.0 Å². The van der Waals surface area contributed by atoms with Crippen LogP contribution in [0.5, 0.6) is 5.75 Å². The van der Waals surface area contributed by atoms with Crippen LogP contribution < -0.4 is 20.7 Å². The predicted octanol–water partition coefficient (Wildman–Crippen LogP) is 4.07. The first-order valence-corrected chi connectivity index (χ1v) is 11.2. The zero-order valence-corrected chi connectivity index (χ0v) is 20.1. The topological polar surface area (TPSA) is 142 Å². The maximum atomic E-state index is 12.5. The van der Waals surface area contributed by atoms with Crippen molar-refractivity contribution in [3.63, 3.8) is 0 Å². The van der Waals surface area contributed by atoms with Gasteiger partial charge in [0.05, 0.1) is 24.9 Å². The molecule has 188 valence electrons. The van der Waals surface area contributed by atoms with Crippen molar-refractivity contribution >= 4 is 23.5 Å². The zero-order chi connectivity index (χ0) is 25.8. The molecule has 0 saturated heterocycles. The summed E-state index contributed by atoms with van der Waals surface area (Å²) >= 11 is 0. The van der Waals surface area contributed by atoms with Crippen LogP contribution in [0.3, 0.4) is 0 Å². The van der Waals surface area contributed by atoms with E-state index >= 15 is 0 Å². The highest BCUT2D eigenvalue weighted by Gasteiger charge is 2.12. The van der Waals surface area contributed by atoms with E-state index in [1.165, 1.54) is 13.5 Å². The Hall–Kier alpha value is -4.56. The van der Waals surface area contributed by atoms with E-state index in [9.17, 15) is 9.59 Å². The maximum Gasteiger partial charge on any atom is 0.407 e. The van der Waals surface area contributed by atoms with Gasteiger partial charge in [0.1, 0.15) is 12.4 Å². The van der Waals surface area contributed by atoms with Crippen LogP contribution in [0.2, 0.25) is 0 Å². The molecule has 3 N–H and O–H groups in total. The summed E-state index contributed by atoms with van der Waals surface area (Å²) in [5, 5.41) is 16.8. The Labute approximate surface area is 209 Å². The summed E-state index contributed by atoms with van der Waals surface area (Å²) in [6.07, 6.45) is 2.80. The van der Waals surface area contributed by atoms with Gasteiger partial charge in [-0.15, -0.1) is 0 Å². The van der Waals surface area contributed by atoms with Crippen LogP contribution in [0.25, 0.3) is 11.3 Å². The Kier molecular flexibility index (Phi) is 9.67. The number of likely N-dealkylation sites (N-methyl/N-ethyl adjacent to an activating group) is 1. The molecule has 2 aromatic carbocycles. The summed E-state index contributed by atoms with van der Waals surface area (Å²) in [5.74, 6) is 1.08. The molecule has 0 atom stereocenters. The van der Waals surface area contributed by atoms with E-state index in [2.05, 4.69) is 27.0 Å². The molecule has 3 amide bonds. The van der Waals surface area contributed by atoms with Gasteiger partial charge in [0.15, 0.2) is 12.2 Å². The smallest absolute Gasteiger partial charge is 0.407 e. The SMILES string of the molecule is COc1cc(NC(=O)Nc2cccc(CNC(=O)OCCN(C)CCC#N)c2)ccc1-c1cnco1. The van der Waals surface area contributed by atoms with Crippen molar-refractivity contribution in [2.45, 2.75) is 13.0 Å². The number of aromatic nitrogens is 1. The minimum absolute atomic E-state index is 0.222. The molecule has 1 heterocycles. The number of hydrogen-bond acceptors (Lipinski definition) is 8. The number of urea groups is 1. The number of carbonyl (C=O) groups is 2. The minimum atomic E-state index is -0.539. The average molecular weight is 493 g/mol. The third-order valence-electron chi connectivity index (χ3n) is 5.09. The van der Waals surface area contributed by atoms with Gasteiger partial charge in [0, 0.05) is 43.5 Å². The van der Waals surface area contributed by atoms with E-state index in [4.69, 9.17) is 19.2 Å². The first-order valence-electron chi connectivity index (χ1n) is 11.2. The number of benzene rings is 2. The monoisotopic (exact) mass is 492 g/mol. The Morgan fingerprint density at radius 1 is 1.14 bits per heavy atom. The first-order chi connectivity index (χ1) is 17.5. The summed E-state index contributed by atoms with van der Waals surface area (Å²) in [5.41, 5.74) is 2.59. The van der Waals surface area contributed by atoms with Gasteiger partial charge in [-0.1, -0.05) is 12.1 Å². The van der Waals surface area contributed by atoms with E-state index in [1.807, 2.05) is 18.0 Å². The van der Waals surface area contributed by atoms with E-state index in [1.54, 1.807) is 42.6 Å². The van der Waals surface area contributed by atoms with E-state index in [-0.39, 0.29) is 13.2 Å². The number of amides is 3. The van der Waals surface area contributed by atoms with Crippen molar-refractivity contribution in [1.29, 1.82) is 5.26 Å². The number of rotatable bonds is 11. The van der Waals surface area contributed by atoms with Crippen molar-refractivity contribution in [2.24, 2.45) is 0 Å². The van der Waals surface area contributed by atoms with Crippen LogP contribution >= 0.6 is 0 Å². The number of hydrogen-bond donors (Lipinski definition) is 3. The zero-order valence-electron chi connectivity index (χ0n) is 20.1. The third-order valence-corrected chi connectivity index (χ3v) is 5.09. The molecule has 0 unspecified atom stereocenters. The number of ether oxygens (including phenoxy) is 2. The number of nitrogens with one attached hydrogen (secondary N) is 3. The number of anilines is 2. The molecule has 3 aromatic rings. The second-order valence-corrected chi connectivity index (χ2v) is 7.76. The van der Waals surface area contributed by atoms with Gasteiger partial charge in [0.25, 0.3) is 0 Å². The minimum Gasteiger partial charge on any atom is -0.496 e. The van der Waals surface area contributed by atoms with Gasteiger partial charge >= 0.3 is 12.1 Å². The quantitative estimate of drug-likeness (QED) is 0.364. The van der Waals surface area contributed by atoms with E-state index in [0.717, 1.165) is 5.56 Å². The summed E-state index contributed by atoms with van der Waals surface area (Å²) in [4.78, 5) is 30.3. The number of oxazole rings is 1. The number of methoxy groups -OCH3 is 1. The van der Waals surface area contributed by atoms with Gasteiger partial charge in [-0.3, -0.25) is 0 Å². The lowest BCUT2D eigenvalue weighted by molar-refractivity contribution is 0.132. The molecule has 0 aliphatic heterocycles. The molecule has 1 aromatic heterocycles. The highest BCUT2D eigenvalue weighted by Crippen LogP contribution is 2.32. The second-order valence-electron chi connectivity index (χ2n) is 7.76. The normalized spacial score (nSPS) is 10.4. The van der Waals surface area contributed by atoms with Gasteiger partial charge in [-0.2, -0.15) is 5.26 Å². The standard InChI is InChI=1S/C25H28N6O5/c1-31(10-4-9-26)11-12-35-25(33)28-15-18-5-3-6-19(13-18)29-24(32)30-20-7-8-21(22(14-20)34-2)23-16-27-17-36-23/h3,5-8,13-14,16-17H,4,10-12,15H2,1-2H3,(H,28,33)(H2,29,30,32). The summed E-state index contributed by atoms with van der Waals surface area (Å²) in [7, 11) is 3.39. The van der Waals surface area contributed by atoms with Crippen molar-refractivity contribution in [2.75, 3.05) is 44.5 Å². The van der Waals surface area contributed by atoms with Gasteiger partial charge in [-0.25, -0.2) is 14.6 Å². The van der Waals surface area contributed by atoms with Crippen LogP contribution in [-0.2, 0) is 11.3 Å². The van der Waals surface area contributed by atoms with E-state index < -0.39 is 12.1 Å². The lowest BCUT2D eigenvalue weighted by Crippen LogP contribution is -2.29. The number of nitriles is 1. The highest BCUT2D eigenvalue weighted by atomic mass is 16.5. The van der Waals surface area contributed by atoms with Gasteiger partial charge in [-0.05, 0) is 36.9 Å². The molecular weight excluding hydrogens is 464 g/mol. The number of nitrogens with zero attached hydrogens (tertiary/aromatic N) is 3. The fourth-order valence-electron chi connectivity index (χ4n) is 3.25. The van der Waals surface area contributed by atoms with Gasteiger partial charge < -0.3 is 34.7 Å². The van der Waals surface area contributed by atoms with Crippen molar-refractivity contribution < 1.29 is 23.5 Å². The lowest BCUT2D eigenvalue weighted by Gasteiger charge is -2.15. The lowest BCUT2D eigenvalue weighted by atomic mass is 10.1. The summed E-state index contributed by atoms with van der Waals surface area (Å²) < 4.78 is 15.9. The second kappa shape index (κ2) is 13.4. The van der Waals surface area contributed by atoms with Crippen LogP contribution in [0.1, 0.15) is 12.0 Å². The van der Waals surface area contributed by atoms with Crippen LogP contribution in [0.4, 0.5) is 21.0 Å². The van der Waals surface area contributed by atoms with Crippen molar-refractivity contribution in [3.8, 4) is 23.1 Å². The number of alkyl carbamates (subject to hydrolysis) is 1. The molecule has 0 fully saturated rings. The molecule has 36 heavy (non-hydrogen) atoms. The first kappa shape index (κ1) is 26.1. The Bertz CT molecular complexity index is 1190. The van der Waals surface area contributed by atoms with Crippen molar-refractivity contribution in [3.05, 3.63) is 60.6 Å². The largest absolute Gasteiger partial charge is 0.496 e. The molecule has 11 heteroatoms. The molecule has 0 spiro atoms. The molecule has 11 nitrogen and oxygen atoms in total. The molecule has 0 saturated carbocycles. The predicted molar refractivity (Wildman–Crippen MR) is 133 cm³/mol. The van der Waals surface area contributed by atoms with Crippen LogP contribution in [0, 0.1) is 11.3 Å². The molecule has 0 radical (unpaired) electrons. The molecular formula is C25H28N6O5. The fourth-order valence-corrected chi connectivity index (χ4v) is 3.25. The molecule has 0 aliphatic rings. The van der Waals surface area contributed by atoms with Crippen molar-refractivity contribution in [1.82, 2.24) is 15.2 Å². The third kappa shape index (κ3) is 8.03. The maximum absolute atomic E-state index is 12.5.